The number of halogens is 1. The van der Waals surface area contributed by atoms with Crippen molar-refractivity contribution in [3.05, 3.63) is 35.6 Å². The number of hydrogen-bond donors (Lipinski definition) is 2. The van der Waals surface area contributed by atoms with Crippen molar-refractivity contribution in [1.29, 1.82) is 0 Å². The Bertz CT molecular complexity index is 416. The molecule has 3 nitrogen and oxygen atoms in total. The number of rotatable bonds is 4. The monoisotopic (exact) mass is 250 g/mol. The van der Waals surface area contributed by atoms with E-state index in [1.54, 1.807) is 6.07 Å². The molecule has 1 aliphatic rings. The SMILES string of the molecule is C[C@@H](NC(=O)CC1CCNC1)c1cccc(F)c1. The highest BCUT2D eigenvalue weighted by Gasteiger charge is 2.19. The van der Waals surface area contributed by atoms with Crippen molar-refractivity contribution in [2.45, 2.75) is 25.8 Å². The molecule has 1 fully saturated rings. The molecule has 1 aromatic rings. The zero-order valence-corrected chi connectivity index (χ0v) is 10.6. The highest BCUT2D eigenvalue weighted by atomic mass is 19.1. The van der Waals surface area contributed by atoms with Gasteiger partial charge in [-0.25, -0.2) is 4.39 Å². The van der Waals surface area contributed by atoms with Crippen LogP contribution in [-0.2, 0) is 4.79 Å². The van der Waals surface area contributed by atoms with E-state index >= 15 is 0 Å². The summed E-state index contributed by atoms with van der Waals surface area (Å²) < 4.78 is 13.1. The molecule has 2 N–H and O–H groups in total. The van der Waals surface area contributed by atoms with Crippen molar-refractivity contribution in [3.63, 3.8) is 0 Å². The van der Waals surface area contributed by atoms with E-state index in [4.69, 9.17) is 0 Å². The van der Waals surface area contributed by atoms with Crippen molar-refractivity contribution in [1.82, 2.24) is 10.6 Å². The molecule has 1 aliphatic heterocycles. The van der Waals surface area contributed by atoms with Gasteiger partial charge in [0.1, 0.15) is 5.82 Å². The van der Waals surface area contributed by atoms with Gasteiger partial charge in [-0.15, -0.1) is 0 Å². The minimum Gasteiger partial charge on any atom is -0.350 e. The van der Waals surface area contributed by atoms with Crippen LogP contribution in [0.15, 0.2) is 24.3 Å². The molecule has 1 unspecified atom stereocenters. The Morgan fingerprint density at radius 2 is 2.44 bits per heavy atom. The fraction of sp³-hybridized carbons (Fsp3) is 0.500. The van der Waals surface area contributed by atoms with E-state index < -0.39 is 0 Å². The zero-order chi connectivity index (χ0) is 13.0. The summed E-state index contributed by atoms with van der Waals surface area (Å²) in [4.78, 5) is 11.8. The minimum absolute atomic E-state index is 0.0421. The van der Waals surface area contributed by atoms with Crippen LogP contribution in [0.25, 0.3) is 0 Å². The fourth-order valence-electron chi connectivity index (χ4n) is 2.31. The minimum atomic E-state index is -0.270. The first-order valence-corrected chi connectivity index (χ1v) is 6.40. The van der Waals surface area contributed by atoms with E-state index in [1.165, 1.54) is 12.1 Å². The molecule has 0 aromatic heterocycles. The highest BCUT2D eigenvalue weighted by Crippen LogP contribution is 2.16. The number of carbonyl (C=O) groups is 1. The Morgan fingerprint density at radius 1 is 1.61 bits per heavy atom. The lowest BCUT2D eigenvalue weighted by molar-refractivity contribution is -0.122. The van der Waals surface area contributed by atoms with Crippen molar-refractivity contribution >= 4 is 5.91 Å². The lowest BCUT2D eigenvalue weighted by atomic mass is 10.0. The molecule has 2 rings (SSSR count). The molecular weight excluding hydrogens is 231 g/mol. The first-order chi connectivity index (χ1) is 8.65. The van der Waals surface area contributed by atoms with Gasteiger partial charge in [-0.2, -0.15) is 0 Å². The van der Waals surface area contributed by atoms with E-state index in [0.29, 0.717) is 12.3 Å². The summed E-state index contributed by atoms with van der Waals surface area (Å²) in [5.41, 5.74) is 0.799. The van der Waals surface area contributed by atoms with Gasteiger partial charge in [-0.05, 0) is 50.0 Å². The molecule has 4 heteroatoms. The van der Waals surface area contributed by atoms with Crippen molar-refractivity contribution in [2.75, 3.05) is 13.1 Å². The normalized spacial score (nSPS) is 20.7. The van der Waals surface area contributed by atoms with Crippen LogP contribution in [0.5, 0.6) is 0 Å². The number of nitrogens with one attached hydrogen (secondary N) is 2. The van der Waals surface area contributed by atoms with Crippen LogP contribution in [0.4, 0.5) is 4.39 Å². The third kappa shape index (κ3) is 3.53. The van der Waals surface area contributed by atoms with Crippen LogP contribution >= 0.6 is 0 Å². The van der Waals surface area contributed by atoms with Crippen LogP contribution in [0.3, 0.4) is 0 Å². The number of carbonyl (C=O) groups excluding carboxylic acids is 1. The number of hydrogen-bond acceptors (Lipinski definition) is 2. The number of benzene rings is 1. The van der Waals surface area contributed by atoms with Gasteiger partial charge in [0.2, 0.25) is 5.91 Å². The molecule has 1 amide bonds. The van der Waals surface area contributed by atoms with Crippen LogP contribution in [0.1, 0.15) is 31.4 Å². The predicted molar refractivity (Wildman–Crippen MR) is 68.6 cm³/mol. The quantitative estimate of drug-likeness (QED) is 0.858. The molecule has 1 saturated heterocycles. The molecule has 0 spiro atoms. The topological polar surface area (TPSA) is 41.1 Å². The second kappa shape index (κ2) is 5.96. The fourth-order valence-corrected chi connectivity index (χ4v) is 2.31. The van der Waals surface area contributed by atoms with Gasteiger partial charge in [0.15, 0.2) is 0 Å². The van der Waals surface area contributed by atoms with E-state index in [9.17, 15) is 9.18 Å². The Morgan fingerprint density at radius 3 is 3.11 bits per heavy atom. The lowest BCUT2D eigenvalue weighted by Crippen LogP contribution is -2.28. The summed E-state index contributed by atoms with van der Waals surface area (Å²) in [6, 6.07) is 6.20. The molecule has 0 aliphatic carbocycles. The van der Waals surface area contributed by atoms with E-state index in [-0.39, 0.29) is 17.8 Å². The first-order valence-electron chi connectivity index (χ1n) is 6.40. The average Bonchev–Trinajstić information content (AvgIpc) is 2.81. The second-order valence-electron chi connectivity index (χ2n) is 4.91. The van der Waals surface area contributed by atoms with Crippen molar-refractivity contribution < 1.29 is 9.18 Å². The summed E-state index contributed by atoms with van der Waals surface area (Å²) in [5, 5.41) is 6.16. The van der Waals surface area contributed by atoms with Gasteiger partial charge in [0, 0.05) is 6.42 Å². The summed E-state index contributed by atoms with van der Waals surface area (Å²) >= 11 is 0. The highest BCUT2D eigenvalue weighted by molar-refractivity contribution is 5.76. The maximum absolute atomic E-state index is 13.1. The summed E-state index contributed by atoms with van der Waals surface area (Å²) in [6.07, 6.45) is 1.61. The Kier molecular flexibility index (Phi) is 4.31. The molecular formula is C14H19FN2O. The Hall–Kier alpha value is -1.42. The van der Waals surface area contributed by atoms with Crippen LogP contribution in [0, 0.1) is 11.7 Å². The lowest BCUT2D eigenvalue weighted by Gasteiger charge is -2.16. The summed E-state index contributed by atoms with van der Waals surface area (Å²) in [6.45, 7) is 3.79. The van der Waals surface area contributed by atoms with Gasteiger partial charge >= 0.3 is 0 Å². The molecule has 1 heterocycles. The third-order valence-electron chi connectivity index (χ3n) is 3.36. The van der Waals surface area contributed by atoms with E-state index in [2.05, 4.69) is 10.6 Å². The molecule has 2 atom stereocenters. The van der Waals surface area contributed by atoms with Crippen molar-refractivity contribution in [2.24, 2.45) is 5.92 Å². The largest absolute Gasteiger partial charge is 0.350 e. The molecule has 0 saturated carbocycles. The van der Waals surface area contributed by atoms with Gasteiger partial charge in [0.05, 0.1) is 6.04 Å². The summed E-state index contributed by atoms with van der Waals surface area (Å²) in [7, 11) is 0. The van der Waals surface area contributed by atoms with Gasteiger partial charge in [-0.1, -0.05) is 12.1 Å². The molecule has 0 radical (unpaired) electrons. The molecule has 1 aromatic carbocycles. The van der Waals surface area contributed by atoms with E-state index in [1.807, 2.05) is 13.0 Å². The Balaban J connectivity index is 1.86. The van der Waals surface area contributed by atoms with Gasteiger partial charge in [-0.3, -0.25) is 4.79 Å². The van der Waals surface area contributed by atoms with Crippen LogP contribution < -0.4 is 10.6 Å². The maximum Gasteiger partial charge on any atom is 0.220 e. The van der Waals surface area contributed by atoms with Gasteiger partial charge < -0.3 is 10.6 Å². The molecule has 18 heavy (non-hydrogen) atoms. The van der Waals surface area contributed by atoms with Crippen molar-refractivity contribution in [3.8, 4) is 0 Å². The maximum atomic E-state index is 13.1. The summed E-state index contributed by atoms with van der Waals surface area (Å²) in [5.74, 6) is 0.207. The smallest absolute Gasteiger partial charge is 0.220 e. The first kappa shape index (κ1) is 13.0. The van der Waals surface area contributed by atoms with E-state index in [0.717, 1.165) is 25.1 Å². The van der Waals surface area contributed by atoms with Gasteiger partial charge in [0.25, 0.3) is 0 Å². The predicted octanol–water partition coefficient (Wildman–Crippen LogP) is 2.00. The Labute approximate surface area is 107 Å². The molecule has 0 bridgehead atoms. The van der Waals surface area contributed by atoms with Crippen LogP contribution in [0.2, 0.25) is 0 Å². The molecule has 98 valence electrons. The zero-order valence-electron chi connectivity index (χ0n) is 10.6. The van der Waals surface area contributed by atoms with Crippen LogP contribution in [-0.4, -0.2) is 19.0 Å². The standard InChI is InChI=1S/C14H19FN2O/c1-10(12-3-2-4-13(15)8-12)17-14(18)7-11-5-6-16-9-11/h2-4,8,10-11,16H,5-7,9H2,1H3,(H,17,18)/t10-,11?/m1/s1. The average molecular weight is 250 g/mol. The number of amides is 1. The second-order valence-corrected chi connectivity index (χ2v) is 4.91. The third-order valence-corrected chi connectivity index (χ3v) is 3.36.